The molecule has 0 bridgehead atoms. The largest absolute Gasteiger partial charge is 0.449 e. The van der Waals surface area contributed by atoms with Crippen molar-refractivity contribution in [3.05, 3.63) is 36.0 Å². The highest BCUT2D eigenvalue weighted by atomic mass is 16.6. The molecule has 142 valence electrons. The second kappa shape index (κ2) is 7.06. The van der Waals surface area contributed by atoms with E-state index in [-0.39, 0.29) is 6.09 Å². The molecule has 0 radical (unpaired) electrons. The summed E-state index contributed by atoms with van der Waals surface area (Å²) in [6, 6.07) is 10.1. The minimum Gasteiger partial charge on any atom is -0.449 e. The molecule has 0 N–H and O–H groups in total. The first-order valence-electron chi connectivity index (χ1n) is 9.43. The van der Waals surface area contributed by atoms with Gasteiger partial charge in [-0.1, -0.05) is 26.0 Å². The van der Waals surface area contributed by atoms with Gasteiger partial charge in [0.1, 0.15) is 5.69 Å². The van der Waals surface area contributed by atoms with E-state index in [0.29, 0.717) is 25.6 Å². The number of aromatic nitrogens is 4. The molecule has 7 heteroatoms. The molecule has 0 unspecified atom stereocenters. The molecule has 7 nitrogen and oxygen atoms in total. The van der Waals surface area contributed by atoms with Crippen molar-refractivity contribution in [2.45, 2.75) is 33.4 Å². The van der Waals surface area contributed by atoms with E-state index < -0.39 is 0 Å². The summed E-state index contributed by atoms with van der Waals surface area (Å²) in [4.78, 5) is 18.9. The minimum absolute atomic E-state index is 0.248. The Morgan fingerprint density at radius 1 is 1.26 bits per heavy atom. The second-order valence-electron chi connectivity index (χ2n) is 7.47. The van der Waals surface area contributed by atoms with Gasteiger partial charge in [0.2, 0.25) is 0 Å². The van der Waals surface area contributed by atoms with Crippen molar-refractivity contribution < 1.29 is 9.53 Å². The average molecular weight is 367 g/mol. The fourth-order valence-corrected chi connectivity index (χ4v) is 3.43. The maximum absolute atomic E-state index is 12.4. The molecular formula is C20H25N5O2. The zero-order valence-corrected chi connectivity index (χ0v) is 16.1. The molecule has 1 aromatic carbocycles. The van der Waals surface area contributed by atoms with Crippen molar-refractivity contribution in [3.63, 3.8) is 0 Å². The fourth-order valence-electron chi connectivity index (χ4n) is 3.43. The summed E-state index contributed by atoms with van der Waals surface area (Å²) >= 11 is 0. The first kappa shape index (κ1) is 17.6. The molecule has 0 saturated carbocycles. The molecule has 3 aromatic rings. The third-order valence-corrected chi connectivity index (χ3v) is 4.83. The van der Waals surface area contributed by atoms with Crippen molar-refractivity contribution in [3.8, 4) is 11.5 Å². The number of nitrogens with zero attached hydrogens (tertiary/aromatic N) is 5. The molecule has 4 rings (SSSR count). The topological polar surface area (TPSA) is 65.2 Å². The Labute approximate surface area is 158 Å². The van der Waals surface area contributed by atoms with Gasteiger partial charge in [-0.25, -0.2) is 9.78 Å². The van der Waals surface area contributed by atoms with Crippen molar-refractivity contribution in [1.29, 1.82) is 0 Å². The van der Waals surface area contributed by atoms with Gasteiger partial charge in [0, 0.05) is 20.1 Å². The lowest BCUT2D eigenvalue weighted by molar-refractivity contribution is 0.0901. The highest BCUT2D eigenvalue weighted by Crippen LogP contribution is 2.25. The number of amides is 1. The molecule has 27 heavy (non-hydrogen) atoms. The Balaban J connectivity index is 1.60. The van der Waals surface area contributed by atoms with Crippen LogP contribution in [0.1, 0.15) is 26.0 Å². The number of ether oxygens (including phenoxy) is 1. The zero-order valence-electron chi connectivity index (χ0n) is 16.1. The number of benzene rings is 1. The van der Waals surface area contributed by atoms with Gasteiger partial charge in [0.05, 0.1) is 29.9 Å². The summed E-state index contributed by atoms with van der Waals surface area (Å²) < 4.78 is 9.46. The zero-order chi connectivity index (χ0) is 19.0. The Kier molecular flexibility index (Phi) is 4.59. The summed E-state index contributed by atoms with van der Waals surface area (Å²) in [7, 11) is 2.00. The van der Waals surface area contributed by atoms with E-state index in [9.17, 15) is 4.79 Å². The number of carbonyl (C=O) groups excluding carboxylic acids is 1. The monoisotopic (exact) mass is 367 g/mol. The molecule has 1 aliphatic rings. The Morgan fingerprint density at radius 2 is 2.07 bits per heavy atom. The fraction of sp³-hybridized carbons (Fsp3) is 0.450. The molecule has 1 aliphatic heterocycles. The SMILES string of the molecule is CC(C)COC(=O)N1CCCn2nc(-c3nc4ccccc4n3C)cc2C1. The molecule has 0 fully saturated rings. The highest BCUT2D eigenvalue weighted by Gasteiger charge is 2.23. The molecule has 1 amide bonds. The smallest absolute Gasteiger partial charge is 0.410 e. The van der Waals surface area contributed by atoms with Crippen molar-refractivity contribution in [2.24, 2.45) is 13.0 Å². The lowest BCUT2D eigenvalue weighted by Crippen LogP contribution is -2.32. The van der Waals surface area contributed by atoms with E-state index in [2.05, 4.69) is 10.6 Å². The van der Waals surface area contributed by atoms with Gasteiger partial charge in [-0.2, -0.15) is 5.10 Å². The molecule has 0 aliphatic carbocycles. The maximum Gasteiger partial charge on any atom is 0.410 e. The first-order chi connectivity index (χ1) is 13.0. The lowest BCUT2D eigenvalue weighted by Gasteiger charge is -2.20. The van der Waals surface area contributed by atoms with Crippen LogP contribution >= 0.6 is 0 Å². The molecule has 0 spiro atoms. The molecule has 0 saturated heterocycles. The number of para-hydroxylation sites is 2. The van der Waals surface area contributed by atoms with E-state index in [0.717, 1.165) is 41.2 Å². The van der Waals surface area contributed by atoms with Crippen LogP contribution in [0, 0.1) is 5.92 Å². The van der Waals surface area contributed by atoms with E-state index >= 15 is 0 Å². The van der Waals surface area contributed by atoms with Gasteiger partial charge in [-0.3, -0.25) is 4.68 Å². The standard InChI is InChI=1S/C20H25N5O2/c1-14(2)13-27-20(26)24-9-6-10-25-15(12-24)11-17(22-25)19-21-16-7-4-5-8-18(16)23(19)3/h4-5,7-8,11,14H,6,9-10,12-13H2,1-3H3. The van der Waals surface area contributed by atoms with Gasteiger partial charge in [-0.15, -0.1) is 0 Å². The van der Waals surface area contributed by atoms with Gasteiger partial charge >= 0.3 is 6.09 Å². The number of rotatable bonds is 3. The van der Waals surface area contributed by atoms with Crippen LogP contribution in [0.3, 0.4) is 0 Å². The van der Waals surface area contributed by atoms with Crippen LogP contribution in [-0.2, 0) is 24.9 Å². The normalized spacial score (nSPS) is 14.4. The summed E-state index contributed by atoms with van der Waals surface area (Å²) in [6.45, 7) is 6.49. The van der Waals surface area contributed by atoms with Crippen molar-refractivity contribution in [2.75, 3.05) is 13.2 Å². The van der Waals surface area contributed by atoms with Crippen LogP contribution < -0.4 is 0 Å². The third kappa shape index (κ3) is 3.41. The van der Waals surface area contributed by atoms with E-state index in [1.54, 1.807) is 4.90 Å². The minimum atomic E-state index is -0.248. The van der Waals surface area contributed by atoms with Crippen LogP contribution in [0.15, 0.2) is 30.3 Å². The van der Waals surface area contributed by atoms with Crippen LogP contribution in [0.25, 0.3) is 22.6 Å². The van der Waals surface area contributed by atoms with E-state index in [1.165, 1.54) is 0 Å². The van der Waals surface area contributed by atoms with Crippen molar-refractivity contribution in [1.82, 2.24) is 24.2 Å². The predicted molar refractivity (Wildman–Crippen MR) is 103 cm³/mol. The van der Waals surface area contributed by atoms with Crippen LogP contribution in [-0.4, -0.2) is 43.5 Å². The van der Waals surface area contributed by atoms with Crippen molar-refractivity contribution >= 4 is 17.1 Å². The lowest BCUT2D eigenvalue weighted by atomic mass is 10.2. The predicted octanol–water partition coefficient (Wildman–Crippen LogP) is 3.44. The molecular weight excluding hydrogens is 342 g/mol. The third-order valence-electron chi connectivity index (χ3n) is 4.83. The van der Waals surface area contributed by atoms with Crippen LogP contribution in [0.2, 0.25) is 0 Å². The van der Waals surface area contributed by atoms with Gasteiger partial charge in [-0.05, 0) is 30.5 Å². The maximum atomic E-state index is 12.4. The number of hydrogen-bond acceptors (Lipinski definition) is 4. The molecule has 3 heterocycles. The Morgan fingerprint density at radius 3 is 2.85 bits per heavy atom. The number of hydrogen-bond donors (Lipinski definition) is 0. The highest BCUT2D eigenvalue weighted by molar-refractivity contribution is 5.79. The summed E-state index contributed by atoms with van der Waals surface area (Å²) in [5.74, 6) is 1.17. The average Bonchev–Trinajstić information content (AvgIpc) is 3.14. The summed E-state index contributed by atoms with van der Waals surface area (Å²) in [6.07, 6.45) is 0.607. The van der Waals surface area contributed by atoms with Gasteiger partial charge in [0.25, 0.3) is 0 Å². The Bertz CT molecular complexity index is 972. The summed E-state index contributed by atoms with van der Waals surface area (Å²) in [5.41, 5.74) is 3.88. The molecule has 2 aromatic heterocycles. The number of carbonyl (C=O) groups is 1. The number of fused-ring (bicyclic) bond motifs is 2. The van der Waals surface area contributed by atoms with Crippen LogP contribution in [0.4, 0.5) is 4.79 Å². The van der Waals surface area contributed by atoms with Gasteiger partial charge in [0.15, 0.2) is 5.82 Å². The Hall–Kier alpha value is -2.83. The second-order valence-corrected chi connectivity index (χ2v) is 7.47. The quantitative estimate of drug-likeness (QED) is 0.711. The number of aryl methyl sites for hydroxylation is 2. The summed E-state index contributed by atoms with van der Waals surface area (Å²) in [5, 5.41) is 4.76. The van der Waals surface area contributed by atoms with Crippen LogP contribution in [0.5, 0.6) is 0 Å². The van der Waals surface area contributed by atoms with Gasteiger partial charge < -0.3 is 14.2 Å². The molecule has 0 atom stereocenters. The first-order valence-corrected chi connectivity index (χ1v) is 9.43. The number of imidazole rings is 1. The van der Waals surface area contributed by atoms with E-state index in [4.69, 9.17) is 14.8 Å². The van der Waals surface area contributed by atoms with E-state index in [1.807, 2.05) is 49.8 Å².